The minimum Gasteiger partial charge on any atom is -0.481 e. The highest BCUT2D eigenvalue weighted by Gasteiger charge is 2.41. The van der Waals surface area contributed by atoms with Gasteiger partial charge < -0.3 is 9.53 Å². The zero-order chi connectivity index (χ0) is 16.8. The summed E-state index contributed by atoms with van der Waals surface area (Å²) in [4.78, 5) is 14.0. The van der Waals surface area contributed by atoms with E-state index in [0.29, 0.717) is 12.3 Å². The van der Waals surface area contributed by atoms with Crippen LogP contribution in [0.4, 0.5) is 0 Å². The SMILES string of the molecule is CC(C)C[C@H](N=[N+]=[N-])[C@H](CC(=O)O)O[Si](C)(C)C(C)(C)C. The Morgan fingerprint density at radius 3 is 2.24 bits per heavy atom. The van der Waals surface area contributed by atoms with Gasteiger partial charge in [0.2, 0.25) is 0 Å². The van der Waals surface area contributed by atoms with Crippen LogP contribution >= 0.6 is 0 Å². The Morgan fingerprint density at radius 2 is 1.90 bits per heavy atom. The molecule has 0 aromatic heterocycles. The third-order valence-electron chi connectivity index (χ3n) is 3.97. The van der Waals surface area contributed by atoms with E-state index in [2.05, 4.69) is 43.9 Å². The van der Waals surface area contributed by atoms with Crippen LogP contribution in [-0.2, 0) is 9.22 Å². The molecular formula is C14H29N3O3Si. The number of rotatable bonds is 8. The molecule has 0 saturated carbocycles. The first-order valence-corrected chi connectivity index (χ1v) is 10.3. The Labute approximate surface area is 128 Å². The van der Waals surface area contributed by atoms with Crippen molar-refractivity contribution in [1.29, 1.82) is 0 Å². The summed E-state index contributed by atoms with van der Waals surface area (Å²) in [6, 6.07) is -0.444. The highest BCUT2D eigenvalue weighted by molar-refractivity contribution is 6.74. The Morgan fingerprint density at radius 1 is 1.38 bits per heavy atom. The lowest BCUT2D eigenvalue weighted by molar-refractivity contribution is -0.139. The second-order valence-corrected chi connectivity index (χ2v) is 12.2. The second-order valence-electron chi connectivity index (χ2n) is 7.42. The van der Waals surface area contributed by atoms with Crippen LogP contribution in [0.15, 0.2) is 5.11 Å². The summed E-state index contributed by atoms with van der Waals surface area (Å²) in [5.74, 6) is -0.625. The number of hydrogen-bond donors (Lipinski definition) is 1. The molecule has 0 unspecified atom stereocenters. The minimum absolute atomic E-state index is 0.0253. The van der Waals surface area contributed by atoms with Gasteiger partial charge in [-0.2, -0.15) is 0 Å². The van der Waals surface area contributed by atoms with Crippen molar-refractivity contribution in [1.82, 2.24) is 0 Å². The highest BCUT2D eigenvalue weighted by Crippen LogP contribution is 2.38. The van der Waals surface area contributed by atoms with Crippen LogP contribution in [0.1, 0.15) is 47.5 Å². The number of nitrogens with zero attached hydrogens (tertiary/aromatic N) is 3. The molecule has 0 saturated heterocycles. The van der Waals surface area contributed by atoms with Gasteiger partial charge in [0.25, 0.3) is 0 Å². The molecule has 1 N–H and O–H groups in total. The third kappa shape index (κ3) is 6.97. The topological polar surface area (TPSA) is 95.3 Å². The molecule has 0 bridgehead atoms. The Bertz CT molecular complexity index is 399. The molecule has 0 aliphatic heterocycles. The fourth-order valence-corrected chi connectivity index (χ4v) is 3.16. The van der Waals surface area contributed by atoms with Crippen LogP contribution in [0.2, 0.25) is 18.1 Å². The zero-order valence-corrected chi connectivity index (χ0v) is 15.3. The van der Waals surface area contributed by atoms with Crippen molar-refractivity contribution >= 4 is 14.3 Å². The molecule has 0 heterocycles. The van der Waals surface area contributed by atoms with E-state index in [4.69, 9.17) is 15.1 Å². The zero-order valence-electron chi connectivity index (χ0n) is 14.3. The molecule has 0 amide bonds. The molecule has 0 rings (SSSR count). The Kier molecular flexibility index (Phi) is 7.43. The summed E-state index contributed by atoms with van der Waals surface area (Å²) in [5, 5.41) is 12.9. The molecule has 0 radical (unpaired) electrons. The maximum atomic E-state index is 11.1. The van der Waals surface area contributed by atoms with Crippen molar-refractivity contribution in [2.24, 2.45) is 11.0 Å². The maximum Gasteiger partial charge on any atom is 0.305 e. The summed E-state index contributed by atoms with van der Waals surface area (Å²) >= 11 is 0. The van der Waals surface area contributed by atoms with Gasteiger partial charge in [0.1, 0.15) is 0 Å². The van der Waals surface area contributed by atoms with Gasteiger partial charge in [-0.15, -0.1) is 0 Å². The largest absolute Gasteiger partial charge is 0.481 e. The minimum atomic E-state index is -2.12. The van der Waals surface area contributed by atoms with Gasteiger partial charge in [-0.1, -0.05) is 39.7 Å². The van der Waals surface area contributed by atoms with Crippen LogP contribution in [0.5, 0.6) is 0 Å². The van der Waals surface area contributed by atoms with E-state index in [1.54, 1.807) is 0 Å². The number of carboxylic acids is 1. The molecule has 0 aromatic carbocycles. The second kappa shape index (κ2) is 7.82. The van der Waals surface area contributed by atoms with Gasteiger partial charge in [-0.05, 0) is 36.0 Å². The lowest BCUT2D eigenvalue weighted by Gasteiger charge is -2.40. The van der Waals surface area contributed by atoms with E-state index >= 15 is 0 Å². The number of azide groups is 1. The first kappa shape index (κ1) is 20.0. The van der Waals surface area contributed by atoms with Crippen molar-refractivity contribution in [3.63, 3.8) is 0 Å². The van der Waals surface area contributed by atoms with Crippen molar-refractivity contribution in [3.8, 4) is 0 Å². The molecule has 0 aliphatic carbocycles. The number of carbonyl (C=O) groups is 1. The normalized spacial score (nSPS) is 15.4. The average molecular weight is 315 g/mol. The van der Waals surface area contributed by atoms with Crippen LogP contribution in [0.25, 0.3) is 10.4 Å². The molecule has 0 spiro atoms. The van der Waals surface area contributed by atoms with Gasteiger partial charge in [0, 0.05) is 4.91 Å². The number of carboxylic acid groups (broad SMARTS) is 1. The lowest BCUT2D eigenvalue weighted by Crippen LogP contribution is -2.47. The van der Waals surface area contributed by atoms with Gasteiger partial charge >= 0.3 is 5.97 Å². The van der Waals surface area contributed by atoms with E-state index in [1.807, 2.05) is 13.8 Å². The lowest BCUT2D eigenvalue weighted by atomic mass is 9.98. The maximum absolute atomic E-state index is 11.1. The predicted octanol–water partition coefficient (Wildman–Crippen LogP) is 4.58. The average Bonchev–Trinajstić information content (AvgIpc) is 2.24. The van der Waals surface area contributed by atoms with Crippen LogP contribution < -0.4 is 0 Å². The summed E-state index contributed by atoms with van der Waals surface area (Å²) in [6.07, 6.45) is -0.0822. The van der Waals surface area contributed by atoms with E-state index in [0.717, 1.165) is 0 Å². The van der Waals surface area contributed by atoms with Gasteiger partial charge in [0.15, 0.2) is 8.32 Å². The van der Waals surface area contributed by atoms with E-state index in [9.17, 15) is 4.79 Å². The van der Waals surface area contributed by atoms with Crippen molar-refractivity contribution in [3.05, 3.63) is 10.4 Å². The monoisotopic (exact) mass is 315 g/mol. The predicted molar refractivity (Wildman–Crippen MR) is 86.7 cm³/mol. The summed E-state index contributed by atoms with van der Waals surface area (Å²) in [6.45, 7) is 14.5. The molecule has 122 valence electrons. The summed E-state index contributed by atoms with van der Waals surface area (Å²) < 4.78 is 6.22. The fraction of sp³-hybridized carbons (Fsp3) is 0.929. The molecule has 2 atom stereocenters. The molecule has 21 heavy (non-hydrogen) atoms. The van der Waals surface area contributed by atoms with E-state index in [1.165, 1.54) is 0 Å². The molecule has 0 aliphatic rings. The first-order valence-electron chi connectivity index (χ1n) is 7.34. The highest BCUT2D eigenvalue weighted by atomic mass is 28.4. The molecule has 6 nitrogen and oxygen atoms in total. The molecule has 0 aromatic rings. The quantitative estimate of drug-likeness (QED) is 0.307. The van der Waals surface area contributed by atoms with Crippen molar-refractivity contribution in [2.45, 2.75) is 77.7 Å². The van der Waals surface area contributed by atoms with Crippen molar-refractivity contribution < 1.29 is 14.3 Å². The first-order chi connectivity index (χ1) is 9.40. The van der Waals surface area contributed by atoms with E-state index < -0.39 is 26.4 Å². The Hall–Kier alpha value is -1.04. The molecule has 0 fully saturated rings. The third-order valence-corrected chi connectivity index (χ3v) is 8.47. The summed E-state index contributed by atoms with van der Waals surface area (Å²) in [7, 11) is -2.12. The van der Waals surface area contributed by atoms with Crippen LogP contribution in [0.3, 0.4) is 0 Å². The fourth-order valence-electron chi connectivity index (χ4n) is 1.81. The standard InChI is InChI=1S/C14H29N3O3Si/c1-10(2)8-11(16-17-15)12(9-13(18)19)20-21(6,7)14(3,4)5/h10-12H,8-9H2,1-7H3,(H,18,19)/t11-,12-/m0/s1. The number of hydrogen-bond acceptors (Lipinski definition) is 3. The smallest absolute Gasteiger partial charge is 0.305 e. The summed E-state index contributed by atoms with van der Waals surface area (Å²) in [5.41, 5.74) is 8.76. The van der Waals surface area contributed by atoms with E-state index in [-0.39, 0.29) is 11.5 Å². The van der Waals surface area contributed by atoms with Crippen LogP contribution in [0, 0.1) is 5.92 Å². The van der Waals surface area contributed by atoms with Gasteiger partial charge in [0.05, 0.1) is 18.6 Å². The van der Waals surface area contributed by atoms with Gasteiger partial charge in [-0.3, -0.25) is 4.79 Å². The van der Waals surface area contributed by atoms with Crippen molar-refractivity contribution in [2.75, 3.05) is 0 Å². The molecule has 7 heteroatoms. The van der Waals surface area contributed by atoms with Gasteiger partial charge in [-0.25, -0.2) is 0 Å². The Balaban J connectivity index is 5.34. The van der Waals surface area contributed by atoms with Crippen LogP contribution in [-0.4, -0.2) is 31.5 Å². The molecular weight excluding hydrogens is 286 g/mol. The number of aliphatic carboxylic acids is 1.